The minimum atomic E-state index is -0.444. The van der Waals surface area contributed by atoms with Gasteiger partial charge in [-0.2, -0.15) is 0 Å². The zero-order valence-electron chi connectivity index (χ0n) is 8.16. The van der Waals surface area contributed by atoms with Gasteiger partial charge in [-0.25, -0.2) is 0 Å². The molecule has 1 fully saturated rings. The molecule has 80 valence electrons. The van der Waals surface area contributed by atoms with E-state index in [1.807, 2.05) is 24.3 Å². The van der Waals surface area contributed by atoms with E-state index in [0.717, 1.165) is 10.0 Å². The average molecular weight is 270 g/mol. The van der Waals surface area contributed by atoms with Crippen LogP contribution in [-0.4, -0.2) is 24.2 Å². The highest BCUT2D eigenvalue weighted by atomic mass is 79.9. The largest absolute Gasteiger partial charge is 0.395 e. The lowest BCUT2D eigenvalue weighted by atomic mass is 9.80. The molecule has 0 bridgehead atoms. The molecule has 0 aliphatic carbocycles. The lowest BCUT2D eigenvalue weighted by Gasteiger charge is -2.25. The first-order chi connectivity index (χ1) is 7.16. The third kappa shape index (κ3) is 1.92. The minimum Gasteiger partial charge on any atom is -0.395 e. The summed E-state index contributed by atoms with van der Waals surface area (Å²) in [6.07, 6.45) is 0.361. The molecule has 2 N–H and O–H groups in total. The van der Waals surface area contributed by atoms with Crippen molar-refractivity contribution in [1.82, 2.24) is 5.32 Å². The third-order valence-corrected chi connectivity index (χ3v) is 3.36. The number of aliphatic hydroxyl groups is 1. The Bertz CT molecular complexity index is 394. The normalized spacial score (nSPS) is 25.3. The van der Waals surface area contributed by atoms with Crippen molar-refractivity contribution >= 4 is 21.8 Å². The van der Waals surface area contributed by atoms with E-state index in [1.54, 1.807) is 0 Å². The van der Waals surface area contributed by atoms with Crippen LogP contribution in [-0.2, 0) is 10.2 Å². The van der Waals surface area contributed by atoms with Crippen molar-refractivity contribution in [3.8, 4) is 0 Å². The summed E-state index contributed by atoms with van der Waals surface area (Å²) in [6.45, 7) is 0.501. The maximum atomic E-state index is 11.2. The monoisotopic (exact) mass is 269 g/mol. The first kappa shape index (κ1) is 10.6. The van der Waals surface area contributed by atoms with Crippen LogP contribution >= 0.6 is 15.9 Å². The van der Waals surface area contributed by atoms with Crippen molar-refractivity contribution in [3.63, 3.8) is 0 Å². The minimum absolute atomic E-state index is 0.00373. The second-order valence-corrected chi connectivity index (χ2v) is 4.82. The van der Waals surface area contributed by atoms with Crippen LogP contribution in [0.2, 0.25) is 0 Å². The summed E-state index contributed by atoms with van der Waals surface area (Å²) in [5.74, 6) is 0.00373. The predicted molar refractivity (Wildman–Crippen MR) is 60.5 cm³/mol. The van der Waals surface area contributed by atoms with Crippen LogP contribution in [0.5, 0.6) is 0 Å². The summed E-state index contributed by atoms with van der Waals surface area (Å²) in [6, 6.07) is 7.75. The smallest absolute Gasteiger partial charge is 0.221 e. The summed E-state index contributed by atoms with van der Waals surface area (Å²) >= 11 is 3.39. The van der Waals surface area contributed by atoms with Crippen LogP contribution in [0.15, 0.2) is 28.7 Å². The van der Waals surface area contributed by atoms with Crippen LogP contribution in [0.25, 0.3) is 0 Å². The van der Waals surface area contributed by atoms with Crippen molar-refractivity contribution in [2.75, 3.05) is 13.2 Å². The molecule has 1 heterocycles. The Morgan fingerprint density at radius 1 is 1.53 bits per heavy atom. The molecule has 1 amide bonds. The van der Waals surface area contributed by atoms with Crippen LogP contribution in [0.1, 0.15) is 12.0 Å². The van der Waals surface area contributed by atoms with Crippen molar-refractivity contribution < 1.29 is 9.90 Å². The lowest BCUT2D eigenvalue weighted by Crippen LogP contribution is -2.32. The van der Waals surface area contributed by atoms with E-state index in [9.17, 15) is 9.90 Å². The number of halogens is 1. The Kier molecular flexibility index (Phi) is 2.80. The summed E-state index contributed by atoms with van der Waals surface area (Å²) < 4.78 is 0.965. The van der Waals surface area contributed by atoms with E-state index < -0.39 is 5.41 Å². The highest BCUT2D eigenvalue weighted by molar-refractivity contribution is 9.10. The number of amides is 1. The maximum Gasteiger partial charge on any atom is 0.221 e. The Morgan fingerprint density at radius 3 is 2.87 bits per heavy atom. The van der Waals surface area contributed by atoms with Gasteiger partial charge in [-0.1, -0.05) is 28.1 Å². The van der Waals surface area contributed by atoms with E-state index >= 15 is 0 Å². The molecule has 1 aromatic rings. The van der Waals surface area contributed by atoms with Gasteiger partial charge in [0.05, 0.1) is 6.61 Å². The summed E-state index contributed by atoms with van der Waals surface area (Å²) in [5.41, 5.74) is 0.554. The van der Waals surface area contributed by atoms with Crippen LogP contribution in [0.3, 0.4) is 0 Å². The molecule has 0 spiro atoms. The molecule has 1 aliphatic rings. The number of hydrogen-bond acceptors (Lipinski definition) is 2. The number of aliphatic hydroxyl groups excluding tert-OH is 1. The summed E-state index contributed by atoms with van der Waals surface area (Å²) in [4.78, 5) is 11.2. The highest BCUT2D eigenvalue weighted by Crippen LogP contribution is 2.32. The molecule has 4 heteroatoms. The van der Waals surface area contributed by atoms with Crippen LogP contribution in [0.4, 0.5) is 0 Å². The molecule has 1 aliphatic heterocycles. The second-order valence-electron chi connectivity index (χ2n) is 3.90. The van der Waals surface area contributed by atoms with Crippen LogP contribution < -0.4 is 5.32 Å². The van der Waals surface area contributed by atoms with E-state index in [2.05, 4.69) is 21.2 Å². The topological polar surface area (TPSA) is 49.3 Å². The number of carbonyl (C=O) groups excluding carboxylic acids is 1. The maximum absolute atomic E-state index is 11.2. The summed E-state index contributed by atoms with van der Waals surface area (Å²) in [5, 5.41) is 12.2. The van der Waals surface area contributed by atoms with E-state index in [0.29, 0.717) is 13.0 Å². The molecule has 0 aromatic heterocycles. The molecule has 0 radical (unpaired) electrons. The standard InChI is InChI=1S/C11H12BrNO2/c12-9-3-1-2-8(4-9)11(7-14)5-10(15)13-6-11/h1-4,14H,5-7H2,(H,13,15). The molecule has 1 aromatic carbocycles. The van der Waals surface area contributed by atoms with Gasteiger partial charge in [0.25, 0.3) is 0 Å². The van der Waals surface area contributed by atoms with Gasteiger partial charge in [0.1, 0.15) is 0 Å². The number of nitrogens with one attached hydrogen (secondary N) is 1. The second kappa shape index (κ2) is 3.94. The van der Waals surface area contributed by atoms with Crippen LogP contribution in [0, 0.1) is 0 Å². The van der Waals surface area contributed by atoms with Crippen molar-refractivity contribution in [1.29, 1.82) is 0 Å². The van der Waals surface area contributed by atoms with Gasteiger partial charge >= 0.3 is 0 Å². The molecule has 15 heavy (non-hydrogen) atoms. The van der Waals surface area contributed by atoms with E-state index in [4.69, 9.17) is 0 Å². The summed E-state index contributed by atoms with van der Waals surface area (Å²) in [7, 11) is 0. The van der Waals surface area contributed by atoms with Gasteiger partial charge in [0.2, 0.25) is 5.91 Å². The molecule has 1 saturated heterocycles. The Balaban J connectivity index is 2.38. The Hall–Kier alpha value is -0.870. The molecular formula is C11H12BrNO2. The highest BCUT2D eigenvalue weighted by Gasteiger charge is 2.39. The van der Waals surface area contributed by atoms with E-state index in [1.165, 1.54) is 0 Å². The van der Waals surface area contributed by atoms with E-state index in [-0.39, 0.29) is 12.5 Å². The first-order valence-corrected chi connectivity index (χ1v) is 5.59. The SMILES string of the molecule is O=C1CC(CO)(c2cccc(Br)c2)CN1. The molecule has 2 rings (SSSR count). The van der Waals surface area contributed by atoms with Gasteiger partial charge in [0, 0.05) is 22.9 Å². The quantitative estimate of drug-likeness (QED) is 0.848. The number of benzene rings is 1. The van der Waals surface area contributed by atoms with Crippen molar-refractivity contribution in [2.24, 2.45) is 0 Å². The zero-order valence-corrected chi connectivity index (χ0v) is 9.75. The number of carbonyl (C=O) groups is 1. The molecule has 1 unspecified atom stereocenters. The number of hydrogen-bond donors (Lipinski definition) is 2. The molecule has 3 nitrogen and oxygen atoms in total. The third-order valence-electron chi connectivity index (χ3n) is 2.86. The molecule has 0 saturated carbocycles. The lowest BCUT2D eigenvalue weighted by molar-refractivity contribution is -0.119. The fourth-order valence-corrected chi connectivity index (χ4v) is 2.32. The fourth-order valence-electron chi connectivity index (χ4n) is 1.93. The fraction of sp³-hybridized carbons (Fsp3) is 0.364. The Labute approximate surface area is 96.6 Å². The first-order valence-electron chi connectivity index (χ1n) is 4.80. The van der Waals surface area contributed by atoms with Crippen molar-refractivity contribution in [2.45, 2.75) is 11.8 Å². The van der Waals surface area contributed by atoms with Crippen molar-refractivity contribution in [3.05, 3.63) is 34.3 Å². The molecular weight excluding hydrogens is 258 g/mol. The van der Waals surface area contributed by atoms with Gasteiger partial charge in [0.15, 0.2) is 0 Å². The van der Waals surface area contributed by atoms with Gasteiger partial charge in [-0.15, -0.1) is 0 Å². The number of rotatable bonds is 2. The molecule has 1 atom stereocenters. The van der Waals surface area contributed by atoms with Gasteiger partial charge < -0.3 is 10.4 Å². The van der Waals surface area contributed by atoms with Gasteiger partial charge in [-0.3, -0.25) is 4.79 Å². The van der Waals surface area contributed by atoms with Gasteiger partial charge in [-0.05, 0) is 17.7 Å². The Morgan fingerprint density at radius 2 is 2.33 bits per heavy atom. The predicted octanol–water partition coefficient (Wildman–Crippen LogP) is 1.20. The average Bonchev–Trinajstić information content (AvgIpc) is 2.61. The zero-order chi connectivity index (χ0) is 10.9.